The fraction of sp³-hybridized carbons (Fsp3) is 0.389. The lowest BCUT2D eigenvalue weighted by Gasteiger charge is -2.27. The molecule has 0 radical (unpaired) electrons. The summed E-state index contributed by atoms with van der Waals surface area (Å²) in [5, 5.41) is 8.39. The molecule has 1 saturated carbocycles. The van der Waals surface area contributed by atoms with Crippen molar-refractivity contribution >= 4 is 0 Å². The molecule has 0 spiro atoms. The number of hydrogen-bond acceptors (Lipinski definition) is 1. The van der Waals surface area contributed by atoms with Gasteiger partial charge in [0.25, 0.3) is 0 Å². The van der Waals surface area contributed by atoms with Crippen molar-refractivity contribution in [2.45, 2.75) is 38.5 Å². The Balaban J connectivity index is 2.08. The Morgan fingerprint density at radius 1 is 1.25 bits per heavy atom. The van der Waals surface area contributed by atoms with Gasteiger partial charge in [-0.15, -0.1) is 0 Å². The normalized spacial score (nSPS) is 22.1. The highest BCUT2D eigenvalue weighted by Gasteiger charge is 2.21. The lowest BCUT2D eigenvalue weighted by Crippen LogP contribution is -2.12. The van der Waals surface area contributed by atoms with Crippen LogP contribution in [0, 0.1) is 34.9 Å². The molecule has 0 aromatic heterocycles. The van der Waals surface area contributed by atoms with Gasteiger partial charge in [0.15, 0.2) is 6.07 Å². The van der Waals surface area contributed by atoms with Crippen LogP contribution in [-0.4, -0.2) is 0 Å². The molecule has 0 unspecified atom stereocenters. The van der Waals surface area contributed by atoms with E-state index in [2.05, 4.69) is 30.9 Å². The van der Waals surface area contributed by atoms with Crippen molar-refractivity contribution < 1.29 is 4.39 Å². The van der Waals surface area contributed by atoms with E-state index in [1.54, 1.807) is 18.2 Å². The maximum Gasteiger partial charge on any atom is 0.152 e. The van der Waals surface area contributed by atoms with Crippen molar-refractivity contribution in [2.75, 3.05) is 0 Å². The molecule has 1 aromatic carbocycles. The third kappa shape index (κ3) is 3.49. The molecular formula is C18H18FN. The number of rotatable bonds is 2. The van der Waals surface area contributed by atoms with E-state index >= 15 is 0 Å². The quantitative estimate of drug-likeness (QED) is 0.569. The molecule has 1 aromatic rings. The summed E-state index contributed by atoms with van der Waals surface area (Å²) in [6.07, 6.45) is 8.96. The molecule has 2 heteroatoms. The zero-order valence-electron chi connectivity index (χ0n) is 11.7. The van der Waals surface area contributed by atoms with Crippen molar-refractivity contribution in [1.82, 2.24) is 0 Å². The lowest BCUT2D eigenvalue weighted by atomic mass is 9.78. The molecule has 0 amide bonds. The third-order valence-corrected chi connectivity index (χ3v) is 3.95. The SMILES string of the molecule is CC=CC1CCC(c2ccc(C#CC#N)c(F)c2)CC1. The topological polar surface area (TPSA) is 23.8 Å². The fourth-order valence-electron chi connectivity index (χ4n) is 2.90. The van der Waals surface area contributed by atoms with Crippen molar-refractivity contribution in [2.24, 2.45) is 5.92 Å². The first kappa shape index (κ1) is 14.4. The van der Waals surface area contributed by atoms with Gasteiger partial charge in [-0.05, 0) is 68.1 Å². The van der Waals surface area contributed by atoms with Crippen molar-refractivity contribution in [1.29, 1.82) is 5.26 Å². The van der Waals surface area contributed by atoms with Crippen LogP contribution in [0.15, 0.2) is 30.4 Å². The highest BCUT2D eigenvalue weighted by atomic mass is 19.1. The zero-order valence-corrected chi connectivity index (χ0v) is 11.7. The Morgan fingerprint density at radius 3 is 2.60 bits per heavy atom. The number of allylic oxidation sites excluding steroid dienone is 2. The molecule has 0 saturated heterocycles. The van der Waals surface area contributed by atoms with Crippen molar-refractivity contribution in [3.05, 3.63) is 47.3 Å². The van der Waals surface area contributed by atoms with Crippen molar-refractivity contribution in [3.8, 4) is 17.9 Å². The molecular weight excluding hydrogens is 249 g/mol. The molecule has 1 nitrogen and oxygen atoms in total. The molecule has 1 aliphatic carbocycles. The lowest BCUT2D eigenvalue weighted by molar-refractivity contribution is 0.375. The molecule has 0 atom stereocenters. The standard InChI is InChI=1S/C18H18FN/c1-2-4-14-6-8-15(9-7-14)17-11-10-16(5-3-12-20)18(19)13-17/h2,4,10-11,13-15H,6-9H2,1H3. The molecule has 0 aliphatic heterocycles. The van der Waals surface area contributed by atoms with Gasteiger partial charge in [0.1, 0.15) is 5.82 Å². The molecule has 1 aliphatic rings. The minimum absolute atomic E-state index is 0.304. The average molecular weight is 267 g/mol. The number of nitrogens with zero attached hydrogens (tertiary/aromatic N) is 1. The van der Waals surface area contributed by atoms with Crippen LogP contribution < -0.4 is 0 Å². The second-order valence-corrected chi connectivity index (χ2v) is 5.24. The van der Waals surface area contributed by atoms with E-state index in [0.29, 0.717) is 17.4 Å². The van der Waals surface area contributed by atoms with Gasteiger partial charge >= 0.3 is 0 Å². The van der Waals surface area contributed by atoms with Gasteiger partial charge in [-0.25, -0.2) is 4.39 Å². The largest absolute Gasteiger partial charge is 0.206 e. The second-order valence-electron chi connectivity index (χ2n) is 5.24. The Labute approximate surface area is 120 Å². The summed E-state index contributed by atoms with van der Waals surface area (Å²) in [6.45, 7) is 2.06. The van der Waals surface area contributed by atoms with E-state index < -0.39 is 0 Å². The second kappa shape index (κ2) is 6.92. The summed E-state index contributed by atoms with van der Waals surface area (Å²) in [5.74, 6) is 5.57. The van der Waals surface area contributed by atoms with Gasteiger partial charge in [-0.3, -0.25) is 0 Å². The predicted molar refractivity (Wildman–Crippen MR) is 78.4 cm³/mol. The van der Waals surface area contributed by atoms with Crippen LogP contribution in [-0.2, 0) is 0 Å². The molecule has 0 heterocycles. The molecule has 1 fully saturated rings. The van der Waals surface area contributed by atoms with Crippen LogP contribution >= 0.6 is 0 Å². The molecule has 102 valence electrons. The number of halogens is 1. The Hall–Kier alpha value is -2.06. The van der Waals surface area contributed by atoms with Crippen LogP contribution in [0.4, 0.5) is 4.39 Å². The van der Waals surface area contributed by atoms with E-state index in [9.17, 15) is 4.39 Å². The van der Waals surface area contributed by atoms with Gasteiger partial charge in [-0.1, -0.05) is 18.2 Å². The zero-order chi connectivity index (χ0) is 14.4. The van der Waals surface area contributed by atoms with Crippen LogP contribution in [0.5, 0.6) is 0 Å². The van der Waals surface area contributed by atoms with E-state index in [0.717, 1.165) is 18.4 Å². The first-order valence-corrected chi connectivity index (χ1v) is 7.07. The third-order valence-electron chi connectivity index (χ3n) is 3.95. The summed E-state index contributed by atoms with van der Waals surface area (Å²) >= 11 is 0. The number of hydrogen-bond donors (Lipinski definition) is 0. The summed E-state index contributed by atoms with van der Waals surface area (Å²) in [6, 6.07) is 6.93. The van der Waals surface area contributed by atoms with E-state index in [1.165, 1.54) is 12.8 Å². The minimum atomic E-state index is -0.319. The first-order valence-electron chi connectivity index (χ1n) is 7.07. The Kier molecular flexibility index (Phi) is 4.97. The maximum atomic E-state index is 13.9. The molecule has 0 N–H and O–H groups in total. The van der Waals surface area contributed by atoms with Gasteiger partial charge in [0.2, 0.25) is 0 Å². The molecule has 2 rings (SSSR count). The van der Waals surface area contributed by atoms with Gasteiger partial charge in [0.05, 0.1) is 5.56 Å². The van der Waals surface area contributed by atoms with Gasteiger partial charge in [0, 0.05) is 5.92 Å². The van der Waals surface area contributed by atoms with Crippen LogP contribution in [0.2, 0.25) is 0 Å². The maximum absolute atomic E-state index is 13.9. The Morgan fingerprint density at radius 2 is 2.00 bits per heavy atom. The first-order chi connectivity index (χ1) is 9.74. The van der Waals surface area contributed by atoms with Gasteiger partial charge in [-0.2, -0.15) is 5.26 Å². The highest BCUT2D eigenvalue weighted by molar-refractivity contribution is 5.41. The number of nitriles is 1. The fourth-order valence-corrected chi connectivity index (χ4v) is 2.90. The van der Waals surface area contributed by atoms with Crippen LogP contribution in [0.1, 0.15) is 49.7 Å². The minimum Gasteiger partial charge on any atom is -0.206 e. The number of benzene rings is 1. The summed E-state index contributed by atoms with van der Waals surface area (Å²) < 4.78 is 13.9. The average Bonchev–Trinajstić information content (AvgIpc) is 2.47. The predicted octanol–water partition coefficient (Wildman–Crippen LogP) is 4.55. The van der Waals surface area contributed by atoms with Crippen molar-refractivity contribution in [3.63, 3.8) is 0 Å². The smallest absolute Gasteiger partial charge is 0.152 e. The monoisotopic (exact) mass is 267 g/mol. The van der Waals surface area contributed by atoms with Gasteiger partial charge < -0.3 is 0 Å². The molecule has 0 bridgehead atoms. The van der Waals surface area contributed by atoms with E-state index in [1.807, 2.05) is 6.07 Å². The summed E-state index contributed by atoms with van der Waals surface area (Å²) in [4.78, 5) is 0. The summed E-state index contributed by atoms with van der Waals surface area (Å²) in [5.41, 5.74) is 1.36. The van der Waals surface area contributed by atoms with E-state index in [-0.39, 0.29) is 5.82 Å². The van der Waals surface area contributed by atoms with Crippen LogP contribution in [0.25, 0.3) is 0 Å². The summed E-state index contributed by atoms with van der Waals surface area (Å²) in [7, 11) is 0. The molecule has 20 heavy (non-hydrogen) atoms. The Bertz CT molecular complexity index is 590. The van der Waals surface area contributed by atoms with E-state index in [4.69, 9.17) is 5.26 Å². The van der Waals surface area contributed by atoms with Crippen LogP contribution in [0.3, 0.4) is 0 Å². The highest BCUT2D eigenvalue weighted by Crippen LogP contribution is 2.36.